The molecule has 1 amide bonds. The van der Waals surface area contributed by atoms with Crippen molar-refractivity contribution < 1.29 is 14.4 Å². The summed E-state index contributed by atoms with van der Waals surface area (Å²) in [5, 5.41) is 3.71. The van der Waals surface area contributed by atoms with Crippen molar-refractivity contribution in [2.75, 3.05) is 39.4 Å². The summed E-state index contributed by atoms with van der Waals surface area (Å²) in [7, 11) is 0. The summed E-state index contributed by atoms with van der Waals surface area (Å²) in [5.41, 5.74) is 3.26. The molecule has 2 atom stereocenters. The molecule has 7 nitrogen and oxygen atoms in total. The standard InChI is InChI=1S/C20H36N4O3/c1-2-18(25)24-9-7-15(8-10-24)19-21-20(27-22-19)16-3-5-17(6-4-16)23-11-13-26-14-12-23/h15-17,19-22H,2-14H2,1H3. The van der Waals surface area contributed by atoms with Crippen molar-refractivity contribution in [3.05, 3.63) is 0 Å². The van der Waals surface area contributed by atoms with E-state index in [4.69, 9.17) is 9.57 Å². The molecule has 4 fully saturated rings. The maximum Gasteiger partial charge on any atom is 0.222 e. The lowest BCUT2D eigenvalue weighted by molar-refractivity contribution is -0.132. The number of carbonyl (C=O) groups is 1. The van der Waals surface area contributed by atoms with E-state index in [1.165, 1.54) is 25.7 Å². The molecule has 0 aromatic heterocycles. The highest BCUT2D eigenvalue weighted by molar-refractivity contribution is 5.75. The van der Waals surface area contributed by atoms with Gasteiger partial charge in [0.2, 0.25) is 5.91 Å². The number of likely N-dealkylation sites (tertiary alicyclic amines) is 1. The van der Waals surface area contributed by atoms with Gasteiger partial charge < -0.3 is 9.64 Å². The average molecular weight is 381 g/mol. The zero-order chi connectivity index (χ0) is 18.6. The van der Waals surface area contributed by atoms with Crippen LogP contribution >= 0.6 is 0 Å². The Morgan fingerprint density at radius 1 is 0.963 bits per heavy atom. The molecule has 1 saturated carbocycles. The van der Waals surface area contributed by atoms with Crippen LogP contribution in [0.4, 0.5) is 0 Å². The third kappa shape index (κ3) is 4.65. The normalized spacial score (nSPS) is 36.9. The highest BCUT2D eigenvalue weighted by Crippen LogP contribution is 2.32. The van der Waals surface area contributed by atoms with Crippen molar-refractivity contribution in [2.45, 2.75) is 70.3 Å². The predicted molar refractivity (Wildman–Crippen MR) is 103 cm³/mol. The molecular formula is C20H36N4O3. The number of hydrogen-bond acceptors (Lipinski definition) is 6. The fourth-order valence-electron chi connectivity index (χ4n) is 5.27. The lowest BCUT2D eigenvalue weighted by atomic mass is 9.84. The van der Waals surface area contributed by atoms with Gasteiger partial charge in [-0.3, -0.25) is 19.8 Å². The van der Waals surface area contributed by atoms with E-state index < -0.39 is 0 Å². The second-order valence-corrected chi connectivity index (χ2v) is 8.59. The van der Waals surface area contributed by atoms with Crippen LogP contribution in [0, 0.1) is 11.8 Å². The van der Waals surface area contributed by atoms with Gasteiger partial charge in [-0.15, -0.1) is 0 Å². The maximum absolute atomic E-state index is 11.9. The van der Waals surface area contributed by atoms with E-state index in [-0.39, 0.29) is 18.3 Å². The molecular weight excluding hydrogens is 344 g/mol. The van der Waals surface area contributed by atoms with Crippen LogP contribution in [-0.4, -0.2) is 73.5 Å². The average Bonchev–Trinajstić information content (AvgIpc) is 3.24. The van der Waals surface area contributed by atoms with Crippen molar-refractivity contribution in [1.82, 2.24) is 20.6 Å². The number of carbonyl (C=O) groups excluding carboxylic acids is 1. The van der Waals surface area contributed by atoms with Crippen LogP contribution in [0.5, 0.6) is 0 Å². The van der Waals surface area contributed by atoms with Crippen molar-refractivity contribution in [3.8, 4) is 0 Å². The summed E-state index contributed by atoms with van der Waals surface area (Å²) in [4.78, 5) is 22.4. The smallest absolute Gasteiger partial charge is 0.222 e. The number of ether oxygens (including phenoxy) is 1. The Labute approximate surface area is 163 Å². The van der Waals surface area contributed by atoms with Gasteiger partial charge in [-0.2, -0.15) is 5.48 Å². The summed E-state index contributed by atoms with van der Waals surface area (Å²) >= 11 is 0. The summed E-state index contributed by atoms with van der Waals surface area (Å²) in [6.45, 7) is 7.68. The fraction of sp³-hybridized carbons (Fsp3) is 0.950. The molecule has 0 spiro atoms. The van der Waals surface area contributed by atoms with Gasteiger partial charge in [-0.1, -0.05) is 6.92 Å². The second-order valence-electron chi connectivity index (χ2n) is 8.59. The molecule has 0 aromatic rings. The van der Waals surface area contributed by atoms with Crippen molar-refractivity contribution >= 4 is 5.91 Å². The number of hydrogen-bond donors (Lipinski definition) is 2. The molecule has 7 heteroatoms. The van der Waals surface area contributed by atoms with Crippen LogP contribution in [0.1, 0.15) is 51.9 Å². The Kier molecular flexibility index (Phi) is 6.66. The molecule has 3 heterocycles. The lowest BCUT2D eigenvalue weighted by Crippen LogP contribution is -2.49. The molecule has 2 unspecified atom stereocenters. The zero-order valence-electron chi connectivity index (χ0n) is 16.7. The molecule has 3 aliphatic heterocycles. The first-order valence-corrected chi connectivity index (χ1v) is 11.0. The van der Waals surface area contributed by atoms with Gasteiger partial charge in [0.05, 0.1) is 19.4 Å². The fourth-order valence-corrected chi connectivity index (χ4v) is 5.27. The SMILES string of the molecule is CCC(=O)N1CCC(C2NOC(C3CCC(N4CCOCC4)CC3)N2)CC1. The van der Waals surface area contributed by atoms with Crippen LogP contribution in [0.3, 0.4) is 0 Å². The van der Waals surface area contributed by atoms with Gasteiger partial charge in [0.25, 0.3) is 0 Å². The number of piperidine rings is 1. The Balaban J connectivity index is 1.20. The largest absolute Gasteiger partial charge is 0.379 e. The predicted octanol–water partition coefficient (Wildman–Crippen LogP) is 1.30. The topological polar surface area (TPSA) is 66.1 Å². The third-order valence-electron chi connectivity index (χ3n) is 7.06. The van der Waals surface area contributed by atoms with Crippen LogP contribution in [0.2, 0.25) is 0 Å². The lowest BCUT2D eigenvalue weighted by Gasteiger charge is -2.39. The minimum absolute atomic E-state index is 0.135. The van der Waals surface area contributed by atoms with Crippen molar-refractivity contribution in [3.63, 3.8) is 0 Å². The number of rotatable bonds is 4. The van der Waals surface area contributed by atoms with E-state index in [0.717, 1.165) is 58.3 Å². The Bertz CT molecular complexity index is 484. The van der Waals surface area contributed by atoms with Crippen LogP contribution in [0.15, 0.2) is 0 Å². The molecule has 1 aliphatic carbocycles. The summed E-state index contributed by atoms with van der Waals surface area (Å²) in [5.74, 6) is 1.43. The quantitative estimate of drug-likeness (QED) is 0.767. The molecule has 27 heavy (non-hydrogen) atoms. The first-order valence-electron chi connectivity index (χ1n) is 11.0. The number of hydroxylamine groups is 1. The van der Waals surface area contributed by atoms with Gasteiger partial charge in [0, 0.05) is 44.6 Å². The van der Waals surface area contributed by atoms with Gasteiger partial charge >= 0.3 is 0 Å². The van der Waals surface area contributed by atoms with Crippen LogP contribution < -0.4 is 10.8 Å². The molecule has 154 valence electrons. The number of amides is 1. The Hall–Kier alpha value is -0.730. The van der Waals surface area contributed by atoms with E-state index >= 15 is 0 Å². The summed E-state index contributed by atoms with van der Waals surface area (Å²) in [6.07, 6.45) is 8.09. The van der Waals surface area contributed by atoms with Crippen molar-refractivity contribution in [1.29, 1.82) is 0 Å². The molecule has 0 radical (unpaired) electrons. The van der Waals surface area contributed by atoms with E-state index in [1.54, 1.807) is 0 Å². The van der Waals surface area contributed by atoms with Gasteiger partial charge in [0.1, 0.15) is 6.23 Å². The summed E-state index contributed by atoms with van der Waals surface area (Å²) in [6, 6.07) is 0.732. The molecule has 3 saturated heterocycles. The molecule has 0 bridgehead atoms. The minimum Gasteiger partial charge on any atom is -0.379 e. The Morgan fingerprint density at radius 2 is 1.67 bits per heavy atom. The molecule has 2 N–H and O–H groups in total. The van der Waals surface area contributed by atoms with Crippen LogP contribution in [0.25, 0.3) is 0 Å². The molecule has 4 aliphatic rings. The number of nitrogens with one attached hydrogen (secondary N) is 2. The number of morpholine rings is 1. The van der Waals surface area contributed by atoms with E-state index in [2.05, 4.69) is 15.7 Å². The number of nitrogens with zero attached hydrogens (tertiary/aromatic N) is 2. The monoisotopic (exact) mass is 380 g/mol. The van der Waals surface area contributed by atoms with Gasteiger partial charge in [0.15, 0.2) is 0 Å². The maximum atomic E-state index is 11.9. The minimum atomic E-state index is 0.135. The third-order valence-corrected chi connectivity index (χ3v) is 7.06. The first-order chi connectivity index (χ1) is 13.2. The summed E-state index contributed by atoms with van der Waals surface area (Å²) < 4.78 is 5.49. The van der Waals surface area contributed by atoms with E-state index in [0.29, 0.717) is 18.3 Å². The van der Waals surface area contributed by atoms with E-state index in [9.17, 15) is 4.79 Å². The van der Waals surface area contributed by atoms with Crippen molar-refractivity contribution in [2.24, 2.45) is 11.8 Å². The highest BCUT2D eigenvalue weighted by atomic mass is 16.7. The Morgan fingerprint density at radius 3 is 2.33 bits per heavy atom. The first kappa shape index (κ1) is 19.6. The van der Waals surface area contributed by atoms with Gasteiger partial charge in [-0.25, -0.2) is 0 Å². The van der Waals surface area contributed by atoms with Gasteiger partial charge in [-0.05, 0) is 44.4 Å². The zero-order valence-corrected chi connectivity index (χ0v) is 16.7. The highest BCUT2D eigenvalue weighted by Gasteiger charge is 2.39. The van der Waals surface area contributed by atoms with Crippen LogP contribution in [-0.2, 0) is 14.4 Å². The molecule has 0 aromatic carbocycles. The second kappa shape index (κ2) is 9.18. The van der Waals surface area contributed by atoms with E-state index in [1.807, 2.05) is 11.8 Å². The molecule has 4 rings (SSSR count).